The fraction of sp³-hybridized carbons (Fsp3) is 0.667. The Morgan fingerprint density at radius 1 is 1.27 bits per heavy atom. The summed E-state index contributed by atoms with van der Waals surface area (Å²) in [7, 11) is 0. The summed E-state index contributed by atoms with van der Waals surface area (Å²) in [6, 6.07) is 8.23. The zero-order chi connectivity index (χ0) is 18.6. The molecule has 1 aromatic carbocycles. The summed E-state index contributed by atoms with van der Waals surface area (Å²) in [6.07, 6.45) is 5.19. The third-order valence-corrected chi connectivity index (χ3v) is 5.63. The number of nitrogens with zero attached hydrogens (tertiary/aromatic N) is 1. The average Bonchev–Trinajstić information content (AvgIpc) is 2.63. The maximum Gasteiger partial charge on any atom is 0.304 e. The van der Waals surface area contributed by atoms with Crippen LogP contribution in [0.5, 0.6) is 5.75 Å². The van der Waals surface area contributed by atoms with Gasteiger partial charge in [0.2, 0.25) is 0 Å². The normalized spacial score (nSPS) is 24.3. The van der Waals surface area contributed by atoms with Gasteiger partial charge >= 0.3 is 5.97 Å². The highest BCUT2D eigenvalue weighted by Crippen LogP contribution is 2.36. The van der Waals surface area contributed by atoms with E-state index in [9.17, 15) is 4.79 Å². The number of carbonyl (C=O) groups is 1. The second-order valence-corrected chi connectivity index (χ2v) is 8.35. The van der Waals surface area contributed by atoms with Crippen molar-refractivity contribution >= 4 is 5.97 Å². The minimum Gasteiger partial charge on any atom is -0.490 e. The molecule has 5 heteroatoms. The smallest absolute Gasteiger partial charge is 0.304 e. The Morgan fingerprint density at radius 2 is 1.96 bits per heavy atom. The SMILES string of the molecule is CC1(C)CCC(Oc2ccc(C3CN(CCC(=O)O)CCO3)cc2)CC1. The maximum absolute atomic E-state index is 10.8. The van der Waals surface area contributed by atoms with E-state index in [2.05, 4.69) is 30.9 Å². The second-order valence-electron chi connectivity index (χ2n) is 8.35. The summed E-state index contributed by atoms with van der Waals surface area (Å²) in [6.45, 7) is 7.42. The Kier molecular flexibility index (Phi) is 6.20. The molecule has 0 aromatic heterocycles. The molecule has 144 valence electrons. The van der Waals surface area contributed by atoms with Crippen LogP contribution < -0.4 is 4.74 Å². The van der Waals surface area contributed by atoms with E-state index in [1.54, 1.807) is 0 Å². The zero-order valence-corrected chi connectivity index (χ0v) is 15.9. The Hall–Kier alpha value is -1.59. The molecule has 1 atom stereocenters. The molecule has 0 spiro atoms. The molecule has 26 heavy (non-hydrogen) atoms. The first kappa shape index (κ1) is 19.2. The van der Waals surface area contributed by atoms with E-state index in [1.807, 2.05) is 12.1 Å². The van der Waals surface area contributed by atoms with Crippen LogP contribution in [0.3, 0.4) is 0 Å². The third kappa shape index (κ3) is 5.45. The molecule has 0 amide bonds. The summed E-state index contributed by atoms with van der Waals surface area (Å²) in [5.74, 6) is 0.178. The van der Waals surface area contributed by atoms with E-state index in [0.29, 0.717) is 24.7 Å². The Morgan fingerprint density at radius 3 is 2.62 bits per heavy atom. The fourth-order valence-electron chi connectivity index (χ4n) is 3.81. The van der Waals surface area contributed by atoms with Gasteiger partial charge in [0.1, 0.15) is 5.75 Å². The van der Waals surface area contributed by atoms with Crippen molar-refractivity contribution in [2.75, 3.05) is 26.2 Å². The highest BCUT2D eigenvalue weighted by Gasteiger charge is 2.28. The molecule has 2 fully saturated rings. The summed E-state index contributed by atoms with van der Waals surface area (Å²) < 4.78 is 12.0. The van der Waals surface area contributed by atoms with Crippen molar-refractivity contribution in [3.05, 3.63) is 29.8 Å². The lowest BCUT2D eigenvalue weighted by Gasteiger charge is -2.34. The molecule has 1 aliphatic heterocycles. The molecule has 1 saturated carbocycles. The van der Waals surface area contributed by atoms with Gasteiger partial charge in [-0.3, -0.25) is 9.69 Å². The molecular formula is C21H31NO4. The molecule has 1 unspecified atom stereocenters. The predicted molar refractivity (Wildman–Crippen MR) is 100 cm³/mol. The highest BCUT2D eigenvalue weighted by atomic mass is 16.5. The number of ether oxygens (including phenoxy) is 2. The van der Waals surface area contributed by atoms with E-state index < -0.39 is 5.97 Å². The molecule has 1 aromatic rings. The number of morpholine rings is 1. The first-order valence-corrected chi connectivity index (χ1v) is 9.74. The molecule has 3 rings (SSSR count). The van der Waals surface area contributed by atoms with Crippen molar-refractivity contribution in [3.63, 3.8) is 0 Å². The van der Waals surface area contributed by atoms with E-state index in [4.69, 9.17) is 14.6 Å². The van der Waals surface area contributed by atoms with E-state index in [1.165, 1.54) is 12.8 Å². The van der Waals surface area contributed by atoms with Gasteiger partial charge in [-0.1, -0.05) is 26.0 Å². The Bertz CT molecular complexity index is 589. The first-order valence-electron chi connectivity index (χ1n) is 9.74. The highest BCUT2D eigenvalue weighted by molar-refractivity contribution is 5.66. The van der Waals surface area contributed by atoms with Gasteiger partial charge in [-0.25, -0.2) is 0 Å². The van der Waals surface area contributed by atoms with Crippen molar-refractivity contribution in [1.82, 2.24) is 4.90 Å². The molecule has 1 N–H and O–H groups in total. The van der Waals surface area contributed by atoms with Crippen LogP contribution in [0.1, 0.15) is 57.6 Å². The minimum absolute atomic E-state index is 0.00192. The lowest BCUT2D eigenvalue weighted by molar-refractivity contribution is -0.137. The van der Waals surface area contributed by atoms with E-state index in [0.717, 1.165) is 37.2 Å². The molecule has 1 saturated heterocycles. The zero-order valence-electron chi connectivity index (χ0n) is 15.9. The van der Waals surface area contributed by atoms with Gasteiger partial charge in [-0.15, -0.1) is 0 Å². The molecule has 1 aliphatic carbocycles. The molecule has 1 heterocycles. The molecule has 0 bridgehead atoms. The van der Waals surface area contributed by atoms with Crippen molar-refractivity contribution < 1.29 is 19.4 Å². The van der Waals surface area contributed by atoms with Gasteiger partial charge < -0.3 is 14.6 Å². The van der Waals surface area contributed by atoms with Crippen molar-refractivity contribution in [2.24, 2.45) is 5.41 Å². The van der Waals surface area contributed by atoms with E-state index >= 15 is 0 Å². The van der Waals surface area contributed by atoms with Gasteiger partial charge in [0.15, 0.2) is 0 Å². The Labute approximate surface area is 156 Å². The predicted octanol–water partition coefficient (Wildman–Crippen LogP) is 3.88. The van der Waals surface area contributed by atoms with Crippen LogP contribution in [0.15, 0.2) is 24.3 Å². The number of benzene rings is 1. The summed E-state index contributed by atoms with van der Waals surface area (Å²) in [5.41, 5.74) is 1.58. The topological polar surface area (TPSA) is 59.0 Å². The van der Waals surface area contributed by atoms with Gasteiger partial charge in [-0.05, 0) is 48.8 Å². The van der Waals surface area contributed by atoms with Crippen LogP contribution in [0, 0.1) is 5.41 Å². The largest absolute Gasteiger partial charge is 0.490 e. The van der Waals surface area contributed by atoms with Crippen molar-refractivity contribution in [3.8, 4) is 5.75 Å². The number of rotatable bonds is 6. The van der Waals surface area contributed by atoms with Crippen LogP contribution in [0.4, 0.5) is 0 Å². The molecule has 0 radical (unpaired) electrons. The van der Waals surface area contributed by atoms with Crippen LogP contribution in [-0.4, -0.2) is 48.3 Å². The monoisotopic (exact) mass is 361 g/mol. The lowest BCUT2D eigenvalue weighted by Crippen LogP contribution is -2.39. The molecular weight excluding hydrogens is 330 g/mol. The van der Waals surface area contributed by atoms with Gasteiger partial charge in [0, 0.05) is 19.6 Å². The maximum atomic E-state index is 10.8. The fourth-order valence-corrected chi connectivity index (χ4v) is 3.81. The van der Waals surface area contributed by atoms with E-state index in [-0.39, 0.29) is 12.5 Å². The third-order valence-electron chi connectivity index (χ3n) is 5.63. The molecule has 5 nitrogen and oxygen atoms in total. The number of aliphatic carboxylic acids is 1. The van der Waals surface area contributed by atoms with Crippen molar-refractivity contribution in [2.45, 2.75) is 58.2 Å². The lowest BCUT2D eigenvalue weighted by atomic mass is 9.76. The first-order chi connectivity index (χ1) is 12.4. The average molecular weight is 361 g/mol. The quantitative estimate of drug-likeness (QED) is 0.833. The Balaban J connectivity index is 1.51. The van der Waals surface area contributed by atoms with Gasteiger partial charge in [0.25, 0.3) is 0 Å². The summed E-state index contributed by atoms with van der Waals surface area (Å²) >= 11 is 0. The van der Waals surface area contributed by atoms with Crippen LogP contribution >= 0.6 is 0 Å². The second kappa shape index (κ2) is 8.40. The minimum atomic E-state index is -0.749. The standard InChI is InChI=1S/C21H31NO4/c1-21(2)10-7-18(8-11-21)26-17-5-3-16(4-6-17)19-15-22(13-14-25-19)12-9-20(23)24/h3-6,18-19H,7-15H2,1-2H3,(H,23,24). The van der Waals surface area contributed by atoms with Gasteiger partial charge in [-0.2, -0.15) is 0 Å². The van der Waals surface area contributed by atoms with Crippen LogP contribution in [-0.2, 0) is 9.53 Å². The number of carboxylic acids is 1. The van der Waals surface area contributed by atoms with Gasteiger partial charge in [0.05, 0.1) is 25.2 Å². The number of hydrogen-bond acceptors (Lipinski definition) is 4. The van der Waals surface area contributed by atoms with Crippen molar-refractivity contribution in [1.29, 1.82) is 0 Å². The van der Waals surface area contributed by atoms with Crippen LogP contribution in [0.2, 0.25) is 0 Å². The number of hydrogen-bond donors (Lipinski definition) is 1. The summed E-state index contributed by atoms with van der Waals surface area (Å²) in [5, 5.41) is 8.85. The summed E-state index contributed by atoms with van der Waals surface area (Å²) in [4.78, 5) is 12.9. The number of carboxylic acid groups (broad SMARTS) is 1. The van der Waals surface area contributed by atoms with Crippen LogP contribution in [0.25, 0.3) is 0 Å². The molecule has 2 aliphatic rings.